The average Bonchev–Trinajstić information content (AvgIpc) is 2.69. The lowest BCUT2D eigenvalue weighted by Gasteiger charge is -2.44. The number of hydrogen-bond donors (Lipinski definition) is 1. The van der Waals surface area contributed by atoms with Gasteiger partial charge in [-0.1, -0.05) is 0 Å². The van der Waals surface area contributed by atoms with Crippen molar-refractivity contribution >= 4 is 17.9 Å². The molecule has 2 aliphatic rings. The Labute approximate surface area is 189 Å². The molecule has 0 saturated carbocycles. The summed E-state index contributed by atoms with van der Waals surface area (Å²) in [7, 11) is 0. The van der Waals surface area contributed by atoms with E-state index in [2.05, 4.69) is 29.0 Å². The fourth-order valence-corrected chi connectivity index (χ4v) is 4.26. The van der Waals surface area contributed by atoms with E-state index in [0.717, 1.165) is 5.56 Å². The minimum atomic E-state index is -0.510. The molecule has 0 radical (unpaired) electrons. The van der Waals surface area contributed by atoms with Gasteiger partial charge >= 0.3 is 6.09 Å². The number of piperidine rings is 1. The highest BCUT2D eigenvalue weighted by atomic mass is 16.6. The number of ether oxygens (including phenoxy) is 2. The second-order valence-corrected chi connectivity index (χ2v) is 9.60. The van der Waals surface area contributed by atoms with Gasteiger partial charge in [0, 0.05) is 50.4 Å². The van der Waals surface area contributed by atoms with E-state index in [9.17, 15) is 14.4 Å². The lowest BCUT2D eigenvalue weighted by molar-refractivity contribution is -0.134. The van der Waals surface area contributed by atoms with Gasteiger partial charge in [0.05, 0.1) is 5.92 Å². The van der Waals surface area contributed by atoms with E-state index in [0.29, 0.717) is 45.0 Å². The predicted octanol–water partition coefficient (Wildman–Crippen LogP) is 2.31. The van der Waals surface area contributed by atoms with Crippen molar-refractivity contribution in [1.29, 1.82) is 0 Å². The Kier molecular flexibility index (Phi) is 7.38. The maximum absolute atomic E-state index is 12.4. The molecule has 0 bridgehead atoms. The van der Waals surface area contributed by atoms with Crippen LogP contribution in [0.2, 0.25) is 0 Å². The van der Waals surface area contributed by atoms with E-state index in [1.165, 1.54) is 0 Å². The molecule has 1 aromatic rings. The van der Waals surface area contributed by atoms with E-state index < -0.39 is 5.60 Å². The second-order valence-electron chi connectivity index (χ2n) is 9.60. The molecule has 3 atom stereocenters. The molecule has 1 unspecified atom stereocenters. The number of pyridine rings is 1. The summed E-state index contributed by atoms with van der Waals surface area (Å²) >= 11 is 0. The number of imide groups is 1. The van der Waals surface area contributed by atoms with Gasteiger partial charge in [-0.25, -0.2) is 9.78 Å². The zero-order chi connectivity index (χ0) is 23.5. The van der Waals surface area contributed by atoms with Gasteiger partial charge in [-0.15, -0.1) is 0 Å². The summed E-state index contributed by atoms with van der Waals surface area (Å²) in [6.07, 6.45) is 2.17. The molecule has 9 heteroatoms. The van der Waals surface area contributed by atoms with Crippen molar-refractivity contribution < 1.29 is 23.9 Å². The first-order valence-electron chi connectivity index (χ1n) is 11.2. The summed E-state index contributed by atoms with van der Waals surface area (Å²) in [5, 5.41) is 2.38. The number of aromatic nitrogens is 1. The van der Waals surface area contributed by atoms with Crippen molar-refractivity contribution in [3.63, 3.8) is 0 Å². The molecule has 32 heavy (non-hydrogen) atoms. The van der Waals surface area contributed by atoms with Crippen molar-refractivity contribution in [3.8, 4) is 5.88 Å². The Bertz CT molecular complexity index is 841. The zero-order valence-electron chi connectivity index (χ0n) is 19.6. The van der Waals surface area contributed by atoms with Gasteiger partial charge in [0.25, 0.3) is 0 Å². The highest BCUT2D eigenvalue weighted by molar-refractivity contribution is 6.00. The van der Waals surface area contributed by atoms with Crippen LogP contribution >= 0.6 is 0 Å². The second kappa shape index (κ2) is 9.85. The van der Waals surface area contributed by atoms with Gasteiger partial charge in [0.2, 0.25) is 17.7 Å². The molecule has 176 valence electrons. The maximum atomic E-state index is 12.4. The number of hydrogen-bond acceptors (Lipinski definition) is 7. The molecule has 3 amide bonds. The molecule has 0 aliphatic carbocycles. The highest BCUT2D eigenvalue weighted by Gasteiger charge is 2.34. The Hall–Kier alpha value is -2.68. The smallest absolute Gasteiger partial charge is 0.410 e. The van der Waals surface area contributed by atoms with Crippen LogP contribution in [0.1, 0.15) is 58.9 Å². The standard InChI is InChI=1S/C23H34N4O5/c1-15-13-26(22(30)32-23(3,4)5)14-16(2)27(15)10-11-31-20-12-17(8-9-24-20)18-6-7-19(28)25-21(18)29/h8-9,12,15-16,18H,6-7,10-11,13-14H2,1-5H3,(H,25,28,29)/t15-,16+,18?. The van der Waals surface area contributed by atoms with E-state index in [1.807, 2.05) is 20.8 Å². The van der Waals surface area contributed by atoms with Crippen molar-refractivity contribution in [3.05, 3.63) is 23.9 Å². The number of amides is 3. The fourth-order valence-electron chi connectivity index (χ4n) is 4.26. The summed E-state index contributed by atoms with van der Waals surface area (Å²) < 4.78 is 11.4. The Morgan fingerprint density at radius 2 is 1.91 bits per heavy atom. The molecule has 0 aromatic carbocycles. The van der Waals surface area contributed by atoms with Crippen molar-refractivity contribution in [2.45, 2.75) is 71.1 Å². The number of nitrogens with one attached hydrogen (secondary N) is 1. The van der Waals surface area contributed by atoms with Gasteiger partial charge in [-0.05, 0) is 52.7 Å². The highest BCUT2D eigenvalue weighted by Crippen LogP contribution is 2.26. The third-order valence-electron chi connectivity index (χ3n) is 5.75. The van der Waals surface area contributed by atoms with Crippen LogP contribution in [0.5, 0.6) is 5.88 Å². The first-order chi connectivity index (χ1) is 15.0. The van der Waals surface area contributed by atoms with E-state index in [-0.39, 0.29) is 35.9 Å². The first-order valence-corrected chi connectivity index (χ1v) is 11.2. The molecule has 9 nitrogen and oxygen atoms in total. The summed E-state index contributed by atoms with van der Waals surface area (Å²) in [5.41, 5.74) is 0.289. The van der Waals surface area contributed by atoms with E-state index in [1.54, 1.807) is 23.2 Å². The van der Waals surface area contributed by atoms with E-state index >= 15 is 0 Å². The van der Waals surface area contributed by atoms with Crippen LogP contribution in [0.15, 0.2) is 18.3 Å². The summed E-state index contributed by atoms with van der Waals surface area (Å²) in [4.78, 5) is 44.3. The lowest BCUT2D eigenvalue weighted by Crippen LogP contribution is -2.59. The molecule has 1 N–H and O–H groups in total. The van der Waals surface area contributed by atoms with Crippen LogP contribution in [-0.4, -0.2) is 76.6 Å². The monoisotopic (exact) mass is 446 g/mol. The van der Waals surface area contributed by atoms with Crippen LogP contribution in [-0.2, 0) is 14.3 Å². The minimum Gasteiger partial charge on any atom is -0.476 e. The van der Waals surface area contributed by atoms with Crippen LogP contribution in [0.4, 0.5) is 4.79 Å². The third kappa shape index (κ3) is 6.18. The first kappa shape index (κ1) is 24.0. The molecule has 2 aliphatic heterocycles. The Balaban J connectivity index is 1.52. The molecular weight excluding hydrogens is 412 g/mol. The number of carbonyl (C=O) groups excluding carboxylic acids is 3. The summed E-state index contributed by atoms with van der Waals surface area (Å²) in [6.45, 7) is 12.1. The number of piperazine rings is 1. The average molecular weight is 447 g/mol. The number of nitrogens with zero attached hydrogens (tertiary/aromatic N) is 3. The molecule has 3 rings (SSSR count). The normalized spacial score (nSPS) is 24.8. The fraction of sp³-hybridized carbons (Fsp3) is 0.652. The third-order valence-corrected chi connectivity index (χ3v) is 5.75. The Morgan fingerprint density at radius 1 is 1.22 bits per heavy atom. The molecule has 2 saturated heterocycles. The molecular formula is C23H34N4O5. The van der Waals surface area contributed by atoms with Gasteiger partial charge in [0.1, 0.15) is 12.2 Å². The van der Waals surface area contributed by atoms with Crippen molar-refractivity contribution in [2.75, 3.05) is 26.2 Å². The van der Waals surface area contributed by atoms with Crippen molar-refractivity contribution in [2.24, 2.45) is 0 Å². The van der Waals surface area contributed by atoms with Crippen LogP contribution in [0.25, 0.3) is 0 Å². The largest absolute Gasteiger partial charge is 0.476 e. The van der Waals surface area contributed by atoms with Crippen LogP contribution in [0.3, 0.4) is 0 Å². The lowest BCUT2D eigenvalue weighted by atomic mass is 9.91. The SMILES string of the molecule is C[C@@H]1CN(C(=O)OC(C)(C)C)C[C@H](C)N1CCOc1cc(C2CCC(=O)NC2=O)ccn1. The predicted molar refractivity (Wildman–Crippen MR) is 118 cm³/mol. The van der Waals surface area contributed by atoms with Gasteiger partial charge < -0.3 is 14.4 Å². The quantitative estimate of drug-likeness (QED) is 0.693. The molecule has 2 fully saturated rings. The Morgan fingerprint density at radius 3 is 2.53 bits per heavy atom. The van der Waals surface area contributed by atoms with Crippen LogP contribution in [0, 0.1) is 0 Å². The van der Waals surface area contributed by atoms with Crippen LogP contribution < -0.4 is 10.1 Å². The number of carbonyl (C=O) groups is 3. The summed E-state index contributed by atoms with van der Waals surface area (Å²) in [5.74, 6) is -0.408. The molecule has 1 aromatic heterocycles. The minimum absolute atomic E-state index is 0.164. The topological polar surface area (TPSA) is 101 Å². The molecule has 3 heterocycles. The summed E-state index contributed by atoms with van der Waals surface area (Å²) in [6, 6.07) is 3.88. The van der Waals surface area contributed by atoms with Gasteiger partial charge in [-0.3, -0.25) is 19.8 Å². The number of rotatable bonds is 5. The zero-order valence-corrected chi connectivity index (χ0v) is 19.6. The van der Waals surface area contributed by atoms with Crippen molar-refractivity contribution in [1.82, 2.24) is 20.1 Å². The molecule has 0 spiro atoms. The van der Waals surface area contributed by atoms with E-state index in [4.69, 9.17) is 9.47 Å². The maximum Gasteiger partial charge on any atom is 0.410 e. The van der Waals surface area contributed by atoms with Gasteiger partial charge in [-0.2, -0.15) is 0 Å². The van der Waals surface area contributed by atoms with Gasteiger partial charge in [0.15, 0.2) is 0 Å².